The number of hydrogen-bond acceptors (Lipinski definition) is 3. The molecule has 29 heavy (non-hydrogen) atoms. The topological polar surface area (TPSA) is 76.0 Å². The number of amides is 2. The van der Waals surface area contributed by atoms with Crippen LogP contribution in [0.15, 0.2) is 54.6 Å². The largest absolute Gasteiger partial charge is 0.352 e. The van der Waals surface area contributed by atoms with Crippen molar-refractivity contribution in [1.82, 2.24) is 15.1 Å². The molecule has 4 rings (SSSR count). The molecule has 0 radical (unpaired) electrons. The van der Waals surface area contributed by atoms with Crippen LogP contribution in [0, 0.1) is 6.92 Å². The third-order valence-electron chi connectivity index (χ3n) is 5.08. The monoisotopic (exact) mass is 388 g/mol. The Balaban J connectivity index is 1.41. The van der Waals surface area contributed by atoms with Crippen molar-refractivity contribution in [2.75, 3.05) is 11.9 Å². The van der Waals surface area contributed by atoms with Gasteiger partial charge in [-0.3, -0.25) is 9.59 Å². The van der Waals surface area contributed by atoms with Crippen molar-refractivity contribution in [3.8, 4) is 5.69 Å². The molecule has 0 atom stereocenters. The fourth-order valence-corrected chi connectivity index (χ4v) is 3.65. The quantitative estimate of drug-likeness (QED) is 0.679. The fraction of sp³-hybridized carbons (Fsp3) is 0.261. The van der Waals surface area contributed by atoms with Crippen LogP contribution in [0.3, 0.4) is 0 Å². The number of nitrogens with zero attached hydrogens (tertiary/aromatic N) is 2. The lowest BCUT2D eigenvalue weighted by molar-refractivity contribution is -0.116. The van der Waals surface area contributed by atoms with Gasteiger partial charge >= 0.3 is 0 Å². The minimum absolute atomic E-state index is 0.138. The number of rotatable bonds is 6. The van der Waals surface area contributed by atoms with Gasteiger partial charge in [0.1, 0.15) is 5.82 Å². The predicted octanol–water partition coefficient (Wildman–Crippen LogP) is 3.43. The molecule has 0 unspecified atom stereocenters. The first-order chi connectivity index (χ1) is 14.1. The zero-order chi connectivity index (χ0) is 20.2. The normalized spacial score (nSPS) is 12.4. The molecule has 1 heterocycles. The Bertz CT molecular complexity index is 1040. The Kier molecular flexibility index (Phi) is 5.42. The molecule has 3 aromatic rings. The predicted molar refractivity (Wildman–Crippen MR) is 112 cm³/mol. The van der Waals surface area contributed by atoms with Crippen molar-refractivity contribution in [1.29, 1.82) is 0 Å². The summed E-state index contributed by atoms with van der Waals surface area (Å²) in [5.41, 5.74) is 4.72. The molecule has 0 spiro atoms. The summed E-state index contributed by atoms with van der Waals surface area (Å²) in [6.45, 7) is 2.22. The van der Waals surface area contributed by atoms with E-state index < -0.39 is 0 Å². The number of carbonyl (C=O) groups excluding carboxylic acids is 2. The molecule has 1 aliphatic rings. The smallest absolute Gasteiger partial charge is 0.251 e. The number of carbonyl (C=O) groups is 2. The molecule has 0 fully saturated rings. The Hall–Kier alpha value is -3.41. The molecule has 2 amide bonds. The molecule has 6 nitrogen and oxygen atoms in total. The van der Waals surface area contributed by atoms with Crippen LogP contribution in [0.1, 0.15) is 40.0 Å². The molecular weight excluding hydrogens is 364 g/mol. The second-order valence-electron chi connectivity index (χ2n) is 7.30. The third-order valence-corrected chi connectivity index (χ3v) is 5.08. The number of aromatic nitrogens is 2. The van der Waals surface area contributed by atoms with Crippen molar-refractivity contribution < 1.29 is 9.59 Å². The number of aryl methyl sites for hydroxylation is 2. The van der Waals surface area contributed by atoms with E-state index in [0.717, 1.165) is 47.6 Å². The first kappa shape index (κ1) is 18.9. The van der Waals surface area contributed by atoms with Crippen molar-refractivity contribution in [2.45, 2.75) is 32.6 Å². The zero-order valence-corrected chi connectivity index (χ0v) is 16.4. The van der Waals surface area contributed by atoms with E-state index in [0.29, 0.717) is 5.56 Å². The van der Waals surface area contributed by atoms with E-state index in [1.54, 1.807) is 6.07 Å². The second kappa shape index (κ2) is 8.31. The number of hydrogen-bond donors (Lipinski definition) is 2. The van der Waals surface area contributed by atoms with Crippen molar-refractivity contribution in [3.05, 3.63) is 77.0 Å². The third kappa shape index (κ3) is 4.21. The summed E-state index contributed by atoms with van der Waals surface area (Å²) in [6.07, 6.45) is 3.11. The van der Waals surface area contributed by atoms with Gasteiger partial charge in [-0.05, 0) is 50.5 Å². The maximum atomic E-state index is 12.6. The van der Waals surface area contributed by atoms with Crippen molar-refractivity contribution in [2.24, 2.45) is 0 Å². The molecular formula is C23H24N4O2. The van der Waals surface area contributed by atoms with Crippen LogP contribution in [-0.4, -0.2) is 28.1 Å². The highest BCUT2D eigenvalue weighted by Gasteiger charge is 2.24. The SMILES string of the molecule is Cc1cccc(C(=O)NCCC(=O)Nc2c3c(nn2-c2ccccc2)CCC3)c1. The number of anilines is 1. The van der Waals surface area contributed by atoms with Crippen LogP contribution in [0.25, 0.3) is 5.69 Å². The summed E-state index contributed by atoms with van der Waals surface area (Å²) in [7, 11) is 0. The van der Waals surface area contributed by atoms with Crippen molar-refractivity contribution >= 4 is 17.6 Å². The second-order valence-corrected chi connectivity index (χ2v) is 7.30. The Morgan fingerprint density at radius 2 is 1.90 bits per heavy atom. The van der Waals surface area contributed by atoms with Gasteiger partial charge in [-0.25, -0.2) is 4.68 Å². The van der Waals surface area contributed by atoms with Crippen LogP contribution in [0.5, 0.6) is 0 Å². The molecule has 6 heteroatoms. The molecule has 2 aromatic carbocycles. The van der Waals surface area contributed by atoms with Gasteiger partial charge in [0.2, 0.25) is 5.91 Å². The molecule has 148 valence electrons. The number of para-hydroxylation sites is 1. The standard InChI is InChI=1S/C23H24N4O2/c1-16-7-5-8-17(15-16)23(29)24-14-13-21(28)25-22-19-11-6-12-20(19)26-27(22)18-9-3-2-4-10-18/h2-5,7-10,15H,6,11-14H2,1H3,(H,24,29)(H,25,28). The van der Waals surface area contributed by atoms with Crippen LogP contribution >= 0.6 is 0 Å². The van der Waals surface area contributed by atoms with E-state index >= 15 is 0 Å². The van der Waals surface area contributed by atoms with Gasteiger partial charge in [0.25, 0.3) is 5.91 Å². The molecule has 0 aliphatic heterocycles. The van der Waals surface area contributed by atoms with Crippen LogP contribution in [-0.2, 0) is 17.6 Å². The summed E-state index contributed by atoms with van der Waals surface area (Å²) in [6, 6.07) is 17.2. The first-order valence-electron chi connectivity index (χ1n) is 9.93. The lowest BCUT2D eigenvalue weighted by atomic mass is 10.1. The van der Waals surface area contributed by atoms with Gasteiger partial charge in [0, 0.05) is 24.1 Å². The lowest BCUT2D eigenvalue weighted by Gasteiger charge is -2.11. The van der Waals surface area contributed by atoms with Crippen molar-refractivity contribution in [3.63, 3.8) is 0 Å². The highest BCUT2D eigenvalue weighted by Crippen LogP contribution is 2.30. The average Bonchev–Trinajstić information content (AvgIpc) is 3.31. The lowest BCUT2D eigenvalue weighted by Crippen LogP contribution is -2.28. The van der Waals surface area contributed by atoms with Gasteiger partial charge in [0.05, 0.1) is 11.4 Å². The molecule has 0 saturated carbocycles. The van der Waals surface area contributed by atoms with Crippen LogP contribution < -0.4 is 10.6 Å². The van der Waals surface area contributed by atoms with E-state index in [1.807, 2.05) is 60.1 Å². The summed E-state index contributed by atoms with van der Waals surface area (Å²) >= 11 is 0. The van der Waals surface area contributed by atoms with E-state index in [9.17, 15) is 9.59 Å². The van der Waals surface area contributed by atoms with Gasteiger partial charge in [0.15, 0.2) is 0 Å². The Labute approximate surface area is 169 Å². The van der Waals surface area contributed by atoms with E-state index in [2.05, 4.69) is 10.6 Å². The van der Waals surface area contributed by atoms with Gasteiger partial charge in [-0.15, -0.1) is 0 Å². The van der Waals surface area contributed by atoms with Crippen LogP contribution in [0.2, 0.25) is 0 Å². The maximum Gasteiger partial charge on any atom is 0.251 e. The van der Waals surface area contributed by atoms with E-state index in [1.165, 1.54) is 0 Å². The average molecular weight is 388 g/mol. The summed E-state index contributed by atoms with van der Waals surface area (Å²) in [5.74, 6) is 0.441. The van der Waals surface area contributed by atoms with E-state index in [4.69, 9.17) is 5.10 Å². The molecule has 0 saturated heterocycles. The molecule has 0 bridgehead atoms. The Morgan fingerprint density at radius 3 is 2.69 bits per heavy atom. The number of benzene rings is 2. The summed E-state index contributed by atoms with van der Waals surface area (Å²) in [5, 5.41) is 10.5. The maximum absolute atomic E-state index is 12.6. The number of fused-ring (bicyclic) bond motifs is 1. The molecule has 2 N–H and O–H groups in total. The molecule has 1 aliphatic carbocycles. The van der Waals surface area contributed by atoms with Gasteiger partial charge in [-0.1, -0.05) is 35.9 Å². The van der Waals surface area contributed by atoms with Crippen LogP contribution in [0.4, 0.5) is 5.82 Å². The fourth-order valence-electron chi connectivity index (χ4n) is 3.65. The Morgan fingerprint density at radius 1 is 1.07 bits per heavy atom. The minimum atomic E-state index is -0.170. The molecule has 1 aromatic heterocycles. The minimum Gasteiger partial charge on any atom is -0.352 e. The highest BCUT2D eigenvalue weighted by molar-refractivity contribution is 5.95. The zero-order valence-electron chi connectivity index (χ0n) is 16.4. The van der Waals surface area contributed by atoms with E-state index in [-0.39, 0.29) is 24.8 Å². The summed E-state index contributed by atoms with van der Waals surface area (Å²) < 4.78 is 1.81. The van der Waals surface area contributed by atoms with Gasteiger partial charge < -0.3 is 10.6 Å². The summed E-state index contributed by atoms with van der Waals surface area (Å²) in [4.78, 5) is 24.8. The number of nitrogens with one attached hydrogen (secondary N) is 2. The van der Waals surface area contributed by atoms with Gasteiger partial charge in [-0.2, -0.15) is 5.10 Å². The highest BCUT2D eigenvalue weighted by atomic mass is 16.2. The first-order valence-corrected chi connectivity index (χ1v) is 9.93.